The largest absolute Gasteiger partial charge is 0.497 e. The van der Waals surface area contributed by atoms with Crippen LogP contribution in [0.15, 0.2) is 72.8 Å². The van der Waals surface area contributed by atoms with Crippen LogP contribution in [0.25, 0.3) is 0 Å². The topological polar surface area (TPSA) is 18.5 Å². The molecule has 1 aliphatic rings. The van der Waals surface area contributed by atoms with Gasteiger partial charge in [0, 0.05) is 11.8 Å². The standard InChI is InChI=1S/C22H20O2/c1-23-17-11-7-15(8-12-17)21-19-5-3-4-6-20(19)22(21)16-9-13-18(24-2)14-10-16/h3-14,21-22H,1-2H3. The first kappa shape index (κ1) is 14.8. The summed E-state index contributed by atoms with van der Waals surface area (Å²) in [6, 6.07) is 25.6. The molecule has 0 aromatic heterocycles. The minimum atomic E-state index is 0.389. The van der Waals surface area contributed by atoms with Crippen molar-refractivity contribution >= 4 is 0 Å². The first-order chi connectivity index (χ1) is 11.8. The average molecular weight is 316 g/mol. The van der Waals surface area contributed by atoms with Gasteiger partial charge in [-0.15, -0.1) is 0 Å². The molecule has 3 aromatic carbocycles. The van der Waals surface area contributed by atoms with Gasteiger partial charge in [0.05, 0.1) is 14.2 Å². The van der Waals surface area contributed by atoms with Crippen molar-refractivity contribution < 1.29 is 9.47 Å². The van der Waals surface area contributed by atoms with Crippen molar-refractivity contribution in [3.05, 3.63) is 95.1 Å². The number of hydrogen-bond donors (Lipinski definition) is 0. The van der Waals surface area contributed by atoms with E-state index >= 15 is 0 Å². The molecule has 3 aromatic rings. The van der Waals surface area contributed by atoms with Crippen LogP contribution < -0.4 is 9.47 Å². The third kappa shape index (κ3) is 2.35. The Morgan fingerprint density at radius 3 is 1.25 bits per heavy atom. The normalized spacial score (nSPS) is 18.4. The molecule has 0 saturated carbocycles. The van der Waals surface area contributed by atoms with E-state index in [4.69, 9.17) is 9.47 Å². The second-order valence-electron chi connectivity index (χ2n) is 6.13. The van der Waals surface area contributed by atoms with Crippen LogP contribution in [0.2, 0.25) is 0 Å². The SMILES string of the molecule is COc1ccc(C2c3ccccc3C2c2ccc(OC)cc2)cc1. The number of rotatable bonds is 4. The van der Waals surface area contributed by atoms with Crippen LogP contribution in [0.4, 0.5) is 0 Å². The van der Waals surface area contributed by atoms with Crippen LogP contribution in [-0.2, 0) is 0 Å². The lowest BCUT2D eigenvalue weighted by Gasteiger charge is -2.40. The molecule has 0 aliphatic heterocycles. The molecule has 2 nitrogen and oxygen atoms in total. The summed E-state index contributed by atoms with van der Waals surface area (Å²) in [6.45, 7) is 0. The molecule has 120 valence electrons. The molecule has 2 unspecified atom stereocenters. The van der Waals surface area contributed by atoms with Crippen molar-refractivity contribution in [3.63, 3.8) is 0 Å². The summed E-state index contributed by atoms with van der Waals surface area (Å²) in [4.78, 5) is 0. The third-order valence-electron chi connectivity index (χ3n) is 4.95. The Bertz CT molecular complexity index is 762. The monoisotopic (exact) mass is 316 g/mol. The summed E-state index contributed by atoms with van der Waals surface area (Å²) >= 11 is 0. The van der Waals surface area contributed by atoms with Gasteiger partial charge < -0.3 is 9.47 Å². The highest BCUT2D eigenvalue weighted by atomic mass is 16.5. The van der Waals surface area contributed by atoms with Crippen LogP contribution in [-0.4, -0.2) is 14.2 Å². The molecule has 1 aliphatic carbocycles. The van der Waals surface area contributed by atoms with Gasteiger partial charge in [-0.3, -0.25) is 0 Å². The summed E-state index contributed by atoms with van der Waals surface area (Å²) in [7, 11) is 3.40. The molecule has 24 heavy (non-hydrogen) atoms. The fourth-order valence-electron chi connectivity index (χ4n) is 3.71. The zero-order valence-electron chi connectivity index (χ0n) is 13.9. The van der Waals surface area contributed by atoms with E-state index in [1.165, 1.54) is 22.3 Å². The maximum Gasteiger partial charge on any atom is 0.118 e. The van der Waals surface area contributed by atoms with Crippen molar-refractivity contribution in [1.29, 1.82) is 0 Å². The Labute approximate surface area is 142 Å². The predicted octanol–water partition coefficient (Wildman–Crippen LogP) is 4.98. The fraction of sp³-hybridized carbons (Fsp3) is 0.182. The third-order valence-corrected chi connectivity index (χ3v) is 4.95. The van der Waals surface area contributed by atoms with Gasteiger partial charge in [0.1, 0.15) is 11.5 Å². The van der Waals surface area contributed by atoms with Gasteiger partial charge in [-0.2, -0.15) is 0 Å². The summed E-state index contributed by atoms with van der Waals surface area (Å²) in [5, 5.41) is 0. The molecular weight excluding hydrogens is 296 g/mol. The quantitative estimate of drug-likeness (QED) is 0.676. The molecule has 2 atom stereocenters. The maximum atomic E-state index is 5.29. The minimum Gasteiger partial charge on any atom is -0.497 e. The van der Waals surface area contributed by atoms with Gasteiger partial charge in [-0.25, -0.2) is 0 Å². The van der Waals surface area contributed by atoms with Gasteiger partial charge in [0.25, 0.3) is 0 Å². The average Bonchev–Trinajstić information content (AvgIpc) is 2.64. The zero-order valence-corrected chi connectivity index (χ0v) is 13.9. The lowest BCUT2D eigenvalue weighted by atomic mass is 9.62. The van der Waals surface area contributed by atoms with Gasteiger partial charge in [0.2, 0.25) is 0 Å². The van der Waals surface area contributed by atoms with Gasteiger partial charge in [-0.1, -0.05) is 48.5 Å². The first-order valence-electron chi connectivity index (χ1n) is 8.18. The van der Waals surface area contributed by atoms with Crippen LogP contribution in [0.3, 0.4) is 0 Å². The molecule has 2 heteroatoms. The van der Waals surface area contributed by atoms with Crippen molar-refractivity contribution in [2.24, 2.45) is 0 Å². The summed E-state index contributed by atoms with van der Waals surface area (Å²) < 4.78 is 10.6. The molecule has 0 heterocycles. The van der Waals surface area contributed by atoms with Crippen LogP contribution in [0.5, 0.6) is 11.5 Å². The van der Waals surface area contributed by atoms with E-state index in [0.717, 1.165) is 11.5 Å². The van der Waals surface area contributed by atoms with E-state index in [9.17, 15) is 0 Å². The molecule has 0 fully saturated rings. The van der Waals surface area contributed by atoms with Gasteiger partial charge in [0.15, 0.2) is 0 Å². The molecule has 4 rings (SSSR count). The Kier molecular flexibility index (Phi) is 3.73. The highest BCUT2D eigenvalue weighted by molar-refractivity contribution is 5.57. The van der Waals surface area contributed by atoms with E-state index in [-0.39, 0.29) is 0 Å². The maximum absolute atomic E-state index is 5.29. The van der Waals surface area contributed by atoms with Crippen LogP contribution in [0.1, 0.15) is 34.1 Å². The molecule has 0 spiro atoms. The lowest BCUT2D eigenvalue weighted by molar-refractivity contribution is 0.414. The first-order valence-corrected chi connectivity index (χ1v) is 8.18. The Morgan fingerprint density at radius 2 is 0.917 bits per heavy atom. The smallest absolute Gasteiger partial charge is 0.118 e. The molecule has 0 amide bonds. The number of ether oxygens (including phenoxy) is 2. The zero-order chi connectivity index (χ0) is 16.5. The number of hydrogen-bond acceptors (Lipinski definition) is 2. The van der Waals surface area contributed by atoms with E-state index in [0.29, 0.717) is 11.8 Å². The molecule has 0 radical (unpaired) electrons. The van der Waals surface area contributed by atoms with Gasteiger partial charge >= 0.3 is 0 Å². The number of benzene rings is 3. The van der Waals surface area contributed by atoms with Gasteiger partial charge in [-0.05, 0) is 46.5 Å². The fourth-order valence-corrected chi connectivity index (χ4v) is 3.71. The Balaban J connectivity index is 1.75. The van der Waals surface area contributed by atoms with Crippen LogP contribution >= 0.6 is 0 Å². The second kappa shape index (κ2) is 6.04. The Morgan fingerprint density at radius 1 is 0.542 bits per heavy atom. The number of fused-ring (bicyclic) bond motifs is 1. The van der Waals surface area contributed by atoms with E-state index in [1.54, 1.807) is 14.2 Å². The van der Waals surface area contributed by atoms with E-state index < -0.39 is 0 Å². The second-order valence-corrected chi connectivity index (χ2v) is 6.13. The molecular formula is C22H20O2. The van der Waals surface area contributed by atoms with Crippen molar-refractivity contribution in [1.82, 2.24) is 0 Å². The van der Waals surface area contributed by atoms with Crippen molar-refractivity contribution in [3.8, 4) is 11.5 Å². The summed E-state index contributed by atoms with van der Waals surface area (Å²) in [5.74, 6) is 2.57. The lowest BCUT2D eigenvalue weighted by Crippen LogP contribution is -2.26. The van der Waals surface area contributed by atoms with E-state index in [1.807, 2.05) is 24.3 Å². The minimum absolute atomic E-state index is 0.389. The highest BCUT2D eigenvalue weighted by Gasteiger charge is 2.39. The predicted molar refractivity (Wildman–Crippen MR) is 96.1 cm³/mol. The number of methoxy groups -OCH3 is 2. The molecule has 0 saturated heterocycles. The molecule has 0 N–H and O–H groups in total. The van der Waals surface area contributed by atoms with Crippen molar-refractivity contribution in [2.45, 2.75) is 11.8 Å². The highest BCUT2D eigenvalue weighted by Crippen LogP contribution is 2.53. The van der Waals surface area contributed by atoms with Crippen molar-refractivity contribution in [2.75, 3.05) is 14.2 Å². The van der Waals surface area contributed by atoms with Crippen LogP contribution in [0, 0.1) is 0 Å². The molecule has 0 bridgehead atoms. The Hall–Kier alpha value is -2.74. The summed E-state index contributed by atoms with van der Waals surface area (Å²) in [5.41, 5.74) is 5.50. The van der Waals surface area contributed by atoms with E-state index in [2.05, 4.69) is 48.5 Å². The summed E-state index contributed by atoms with van der Waals surface area (Å²) in [6.07, 6.45) is 0.